The second-order valence-corrected chi connectivity index (χ2v) is 5.37. The second-order valence-electron chi connectivity index (χ2n) is 4.94. The fourth-order valence-corrected chi connectivity index (χ4v) is 2.73. The van der Waals surface area contributed by atoms with Crippen molar-refractivity contribution in [2.75, 3.05) is 7.11 Å². The molecule has 108 valence electrons. The van der Waals surface area contributed by atoms with Crippen molar-refractivity contribution in [1.29, 1.82) is 0 Å². The zero-order valence-corrected chi connectivity index (χ0v) is 12.6. The van der Waals surface area contributed by atoms with E-state index in [2.05, 4.69) is 4.98 Å². The Kier molecular flexibility index (Phi) is 2.98. The van der Waals surface area contributed by atoms with E-state index in [4.69, 9.17) is 21.4 Å². The minimum absolute atomic E-state index is 0.663. The summed E-state index contributed by atoms with van der Waals surface area (Å²) >= 11 is 5.96. The van der Waals surface area contributed by atoms with Gasteiger partial charge in [0.2, 0.25) is 5.88 Å². The van der Waals surface area contributed by atoms with E-state index in [-0.39, 0.29) is 0 Å². The van der Waals surface area contributed by atoms with Gasteiger partial charge in [0.25, 0.3) is 0 Å². The van der Waals surface area contributed by atoms with Crippen molar-refractivity contribution >= 4 is 33.4 Å². The average Bonchev–Trinajstić information content (AvgIpc) is 2.94. The van der Waals surface area contributed by atoms with Crippen LogP contribution in [-0.2, 0) is 0 Å². The number of pyridine rings is 1. The summed E-state index contributed by atoms with van der Waals surface area (Å²) in [4.78, 5) is 4.48. The number of methoxy groups -OCH3 is 1. The highest BCUT2D eigenvalue weighted by molar-refractivity contribution is 6.30. The molecule has 0 unspecified atom stereocenters. The molecule has 0 spiro atoms. The van der Waals surface area contributed by atoms with E-state index >= 15 is 0 Å². The molecular formula is C17H12ClN3O. The summed E-state index contributed by atoms with van der Waals surface area (Å²) in [6.45, 7) is 0. The van der Waals surface area contributed by atoms with Crippen LogP contribution in [0.3, 0.4) is 0 Å². The lowest BCUT2D eigenvalue weighted by Crippen LogP contribution is -1.99. The first kappa shape index (κ1) is 13.1. The van der Waals surface area contributed by atoms with E-state index in [1.54, 1.807) is 18.0 Å². The summed E-state index contributed by atoms with van der Waals surface area (Å²) in [7, 11) is 1.64. The number of fused-ring (bicyclic) bond motifs is 3. The van der Waals surface area contributed by atoms with E-state index in [1.807, 2.05) is 48.5 Å². The maximum Gasteiger partial charge on any atom is 0.226 e. The molecule has 0 aliphatic heterocycles. The number of halogens is 1. The van der Waals surface area contributed by atoms with Crippen molar-refractivity contribution in [3.63, 3.8) is 0 Å². The normalized spacial score (nSPS) is 11.2. The molecule has 4 nitrogen and oxygen atoms in total. The minimum Gasteiger partial charge on any atom is -0.480 e. The van der Waals surface area contributed by atoms with Gasteiger partial charge in [0.05, 0.1) is 23.7 Å². The molecule has 2 heterocycles. The Bertz CT molecular complexity index is 976. The number of para-hydroxylation sites is 1. The molecule has 5 heteroatoms. The topological polar surface area (TPSA) is 39.9 Å². The Morgan fingerprint density at radius 3 is 2.55 bits per heavy atom. The standard InChI is InChI=1S/C17H12ClN3O/c1-22-17-14-10-19-15-5-3-2-4-13(15)16(14)20-21(17)12-8-6-11(18)7-9-12/h2-10H,1H3. The van der Waals surface area contributed by atoms with Gasteiger partial charge in [-0.05, 0) is 30.3 Å². The van der Waals surface area contributed by atoms with Crippen molar-refractivity contribution in [2.24, 2.45) is 0 Å². The van der Waals surface area contributed by atoms with Crippen molar-refractivity contribution in [1.82, 2.24) is 14.8 Å². The molecule has 0 fully saturated rings. The molecule has 0 radical (unpaired) electrons. The number of ether oxygens (including phenoxy) is 1. The second kappa shape index (κ2) is 5.00. The molecule has 0 N–H and O–H groups in total. The molecule has 2 aromatic heterocycles. The SMILES string of the molecule is COc1c2cnc3ccccc3c2nn1-c1ccc(Cl)cc1. The first-order chi connectivity index (χ1) is 10.8. The summed E-state index contributed by atoms with van der Waals surface area (Å²) in [5.74, 6) is 0.663. The summed E-state index contributed by atoms with van der Waals surface area (Å²) in [6, 6.07) is 15.4. The van der Waals surface area contributed by atoms with Gasteiger partial charge < -0.3 is 4.74 Å². The van der Waals surface area contributed by atoms with Gasteiger partial charge in [-0.15, -0.1) is 0 Å². The van der Waals surface area contributed by atoms with Crippen molar-refractivity contribution < 1.29 is 4.74 Å². The van der Waals surface area contributed by atoms with E-state index < -0.39 is 0 Å². The molecule has 22 heavy (non-hydrogen) atoms. The molecule has 4 aromatic rings. The third-order valence-corrected chi connectivity index (χ3v) is 3.89. The number of benzene rings is 2. The van der Waals surface area contributed by atoms with Gasteiger partial charge in [-0.25, -0.2) is 0 Å². The lowest BCUT2D eigenvalue weighted by atomic mass is 10.2. The molecule has 0 atom stereocenters. The maximum absolute atomic E-state index is 5.96. The average molecular weight is 310 g/mol. The Morgan fingerprint density at radius 1 is 1.00 bits per heavy atom. The van der Waals surface area contributed by atoms with Crippen LogP contribution in [0, 0.1) is 0 Å². The van der Waals surface area contributed by atoms with Crippen LogP contribution in [0.1, 0.15) is 0 Å². The molecular weight excluding hydrogens is 298 g/mol. The smallest absolute Gasteiger partial charge is 0.226 e. The molecule has 2 aromatic carbocycles. The first-order valence-electron chi connectivity index (χ1n) is 6.84. The molecule has 0 bridgehead atoms. The number of hydrogen-bond acceptors (Lipinski definition) is 3. The number of aromatic nitrogens is 3. The summed E-state index contributed by atoms with van der Waals surface area (Å²) in [6.07, 6.45) is 1.80. The highest BCUT2D eigenvalue weighted by Crippen LogP contribution is 2.32. The Hall–Kier alpha value is -2.59. The van der Waals surface area contributed by atoms with Crippen LogP contribution >= 0.6 is 11.6 Å². The monoisotopic (exact) mass is 309 g/mol. The number of rotatable bonds is 2. The van der Waals surface area contributed by atoms with E-state index in [9.17, 15) is 0 Å². The molecule has 0 aliphatic rings. The Labute approximate surface area is 131 Å². The quantitative estimate of drug-likeness (QED) is 0.556. The van der Waals surface area contributed by atoms with Crippen LogP contribution in [0.2, 0.25) is 5.02 Å². The van der Waals surface area contributed by atoms with Gasteiger partial charge >= 0.3 is 0 Å². The largest absolute Gasteiger partial charge is 0.480 e. The lowest BCUT2D eigenvalue weighted by molar-refractivity contribution is 0.388. The van der Waals surface area contributed by atoms with Crippen molar-refractivity contribution in [3.8, 4) is 11.6 Å². The van der Waals surface area contributed by atoms with Crippen LogP contribution in [0.15, 0.2) is 54.7 Å². The summed E-state index contributed by atoms with van der Waals surface area (Å²) in [5, 5.41) is 7.30. The fraction of sp³-hybridized carbons (Fsp3) is 0.0588. The molecule has 0 saturated carbocycles. The van der Waals surface area contributed by atoms with Gasteiger partial charge in [0, 0.05) is 16.6 Å². The van der Waals surface area contributed by atoms with E-state index in [0.29, 0.717) is 10.9 Å². The van der Waals surface area contributed by atoms with E-state index in [0.717, 1.165) is 27.5 Å². The maximum atomic E-state index is 5.96. The molecule has 0 saturated heterocycles. The zero-order chi connectivity index (χ0) is 15.1. The predicted molar refractivity (Wildman–Crippen MR) is 87.9 cm³/mol. The van der Waals surface area contributed by atoms with Crippen LogP contribution in [0.5, 0.6) is 5.88 Å². The van der Waals surface area contributed by atoms with Gasteiger partial charge in [-0.1, -0.05) is 29.8 Å². The third-order valence-electron chi connectivity index (χ3n) is 3.63. The summed E-state index contributed by atoms with van der Waals surface area (Å²) in [5.41, 5.74) is 2.68. The van der Waals surface area contributed by atoms with Gasteiger partial charge in [0.15, 0.2) is 0 Å². The Morgan fingerprint density at radius 2 is 1.77 bits per heavy atom. The highest BCUT2D eigenvalue weighted by Gasteiger charge is 2.16. The molecule has 0 amide bonds. The summed E-state index contributed by atoms with van der Waals surface area (Å²) < 4.78 is 7.33. The minimum atomic E-state index is 0.663. The van der Waals surface area contributed by atoms with Crippen LogP contribution in [-0.4, -0.2) is 21.9 Å². The Balaban J connectivity index is 2.06. The lowest BCUT2D eigenvalue weighted by Gasteiger charge is -2.05. The first-order valence-corrected chi connectivity index (χ1v) is 7.22. The van der Waals surface area contributed by atoms with Crippen LogP contribution in [0.4, 0.5) is 0 Å². The van der Waals surface area contributed by atoms with Crippen LogP contribution in [0.25, 0.3) is 27.5 Å². The number of nitrogens with zero attached hydrogens (tertiary/aromatic N) is 3. The van der Waals surface area contributed by atoms with E-state index in [1.165, 1.54) is 0 Å². The van der Waals surface area contributed by atoms with Gasteiger partial charge in [-0.3, -0.25) is 4.98 Å². The number of hydrogen-bond donors (Lipinski definition) is 0. The third kappa shape index (κ3) is 1.92. The van der Waals surface area contributed by atoms with Crippen LogP contribution < -0.4 is 4.74 Å². The molecule has 4 rings (SSSR count). The van der Waals surface area contributed by atoms with Gasteiger partial charge in [0.1, 0.15) is 5.52 Å². The zero-order valence-electron chi connectivity index (χ0n) is 11.8. The fourth-order valence-electron chi connectivity index (χ4n) is 2.60. The van der Waals surface area contributed by atoms with Crippen molar-refractivity contribution in [2.45, 2.75) is 0 Å². The predicted octanol–water partition coefficient (Wildman–Crippen LogP) is 4.24. The molecule has 0 aliphatic carbocycles. The highest BCUT2D eigenvalue weighted by atomic mass is 35.5. The van der Waals surface area contributed by atoms with Crippen molar-refractivity contribution in [3.05, 3.63) is 59.8 Å². The van der Waals surface area contributed by atoms with Gasteiger partial charge in [-0.2, -0.15) is 9.78 Å².